The molecule has 2 amide bonds. The van der Waals surface area contributed by atoms with Gasteiger partial charge in [-0.25, -0.2) is 0 Å². The van der Waals surface area contributed by atoms with Crippen molar-refractivity contribution in [2.45, 2.75) is 38.1 Å². The first kappa shape index (κ1) is 17.0. The molecule has 130 valence electrons. The number of nitrogens with zero attached hydrogens (tertiary/aromatic N) is 2. The number of piperidine rings is 1. The molecule has 0 unspecified atom stereocenters. The summed E-state index contributed by atoms with van der Waals surface area (Å²) in [6.45, 7) is 2.68. The van der Waals surface area contributed by atoms with E-state index in [9.17, 15) is 9.59 Å². The second-order valence-corrected chi connectivity index (χ2v) is 7.04. The van der Waals surface area contributed by atoms with Gasteiger partial charge in [0, 0.05) is 19.1 Å². The molecule has 0 bridgehead atoms. The van der Waals surface area contributed by atoms with E-state index in [2.05, 4.69) is 29.2 Å². The number of carbonyl (C=O) groups excluding carboxylic acids is 2. The van der Waals surface area contributed by atoms with E-state index in [0.717, 1.165) is 45.2 Å². The zero-order chi connectivity index (χ0) is 16.9. The molecule has 1 aromatic carbocycles. The molecule has 2 atom stereocenters. The van der Waals surface area contributed by atoms with E-state index >= 15 is 0 Å². The maximum absolute atomic E-state index is 12.7. The minimum absolute atomic E-state index is 0.140. The molecular formula is C19H27N3O2. The van der Waals surface area contributed by atoms with Crippen LogP contribution in [-0.2, 0) is 16.0 Å². The lowest BCUT2D eigenvalue weighted by molar-refractivity contribution is -0.136. The van der Waals surface area contributed by atoms with Crippen LogP contribution in [0.2, 0.25) is 0 Å². The van der Waals surface area contributed by atoms with Gasteiger partial charge in [0.1, 0.15) is 0 Å². The van der Waals surface area contributed by atoms with E-state index in [1.807, 2.05) is 11.0 Å². The Morgan fingerprint density at radius 1 is 1.08 bits per heavy atom. The molecule has 3 rings (SSSR count). The fourth-order valence-electron chi connectivity index (χ4n) is 3.93. The Kier molecular flexibility index (Phi) is 5.51. The molecule has 2 aliphatic rings. The highest BCUT2D eigenvalue weighted by Crippen LogP contribution is 2.22. The monoisotopic (exact) mass is 329 g/mol. The first-order valence-corrected chi connectivity index (χ1v) is 8.98. The Hall–Kier alpha value is -1.88. The van der Waals surface area contributed by atoms with Gasteiger partial charge in [-0.3, -0.25) is 14.5 Å². The zero-order valence-corrected chi connectivity index (χ0v) is 14.2. The lowest BCUT2D eigenvalue weighted by Crippen LogP contribution is -2.48. The molecule has 2 N–H and O–H groups in total. The highest BCUT2D eigenvalue weighted by Gasteiger charge is 2.31. The van der Waals surface area contributed by atoms with Gasteiger partial charge in [-0.2, -0.15) is 0 Å². The molecule has 24 heavy (non-hydrogen) atoms. The highest BCUT2D eigenvalue weighted by molar-refractivity contribution is 5.81. The smallest absolute Gasteiger partial charge is 0.236 e. The van der Waals surface area contributed by atoms with Gasteiger partial charge in [-0.15, -0.1) is 0 Å². The summed E-state index contributed by atoms with van der Waals surface area (Å²) in [5.41, 5.74) is 6.74. The predicted octanol–water partition coefficient (Wildman–Crippen LogP) is 1.42. The molecule has 2 saturated heterocycles. The first-order valence-electron chi connectivity index (χ1n) is 8.98. The van der Waals surface area contributed by atoms with Crippen LogP contribution in [0.5, 0.6) is 0 Å². The Labute approximate surface area is 143 Å². The third kappa shape index (κ3) is 4.15. The fraction of sp³-hybridized carbons (Fsp3) is 0.579. The fourth-order valence-corrected chi connectivity index (χ4v) is 3.93. The second kappa shape index (κ2) is 7.79. The molecule has 2 heterocycles. The number of nitrogens with two attached hydrogens (primary N) is 1. The number of hydrogen-bond acceptors (Lipinski definition) is 3. The average Bonchev–Trinajstić information content (AvgIpc) is 3.02. The van der Waals surface area contributed by atoms with E-state index in [4.69, 9.17) is 5.73 Å². The van der Waals surface area contributed by atoms with E-state index < -0.39 is 0 Å². The third-order valence-electron chi connectivity index (χ3n) is 5.33. The Morgan fingerprint density at radius 2 is 1.83 bits per heavy atom. The molecule has 5 nitrogen and oxygen atoms in total. The summed E-state index contributed by atoms with van der Waals surface area (Å²) in [4.78, 5) is 28.2. The van der Waals surface area contributed by atoms with Gasteiger partial charge in [-0.1, -0.05) is 30.3 Å². The number of amides is 2. The first-order chi connectivity index (χ1) is 11.6. The molecule has 2 aliphatic heterocycles. The summed E-state index contributed by atoms with van der Waals surface area (Å²) in [6.07, 6.45) is 4.96. The summed E-state index contributed by atoms with van der Waals surface area (Å²) in [6, 6.07) is 10.9. The van der Waals surface area contributed by atoms with Gasteiger partial charge < -0.3 is 10.6 Å². The molecule has 2 fully saturated rings. The van der Waals surface area contributed by atoms with E-state index in [1.54, 1.807) is 0 Å². The minimum Gasteiger partial charge on any atom is -0.369 e. The molecule has 0 spiro atoms. The summed E-state index contributed by atoms with van der Waals surface area (Å²) >= 11 is 0. The Balaban J connectivity index is 1.56. The minimum atomic E-state index is -0.282. The van der Waals surface area contributed by atoms with Crippen LogP contribution in [0.15, 0.2) is 30.3 Å². The van der Waals surface area contributed by atoms with Crippen LogP contribution in [0.1, 0.15) is 31.2 Å². The second-order valence-electron chi connectivity index (χ2n) is 7.04. The molecule has 0 aromatic heterocycles. The van der Waals surface area contributed by atoms with E-state index in [0.29, 0.717) is 19.1 Å². The standard InChI is InChI=1S/C19H27N3O2/c20-19(24)16-8-4-11-22(13-16)18(23)14-21-10-5-9-17(21)12-15-6-2-1-3-7-15/h1-3,6-7,16-17H,4-5,8-14H2,(H2,20,24)/t16-,17-/m1/s1. The van der Waals surface area contributed by atoms with E-state index in [1.165, 1.54) is 5.56 Å². The zero-order valence-electron chi connectivity index (χ0n) is 14.2. The Morgan fingerprint density at radius 3 is 2.58 bits per heavy atom. The largest absolute Gasteiger partial charge is 0.369 e. The summed E-state index contributed by atoms with van der Waals surface area (Å²) in [7, 11) is 0. The predicted molar refractivity (Wildman–Crippen MR) is 93.2 cm³/mol. The summed E-state index contributed by atoms with van der Waals surface area (Å²) in [5, 5.41) is 0. The molecule has 0 aliphatic carbocycles. The molecule has 0 radical (unpaired) electrons. The van der Waals surface area contributed by atoms with Gasteiger partial charge in [0.15, 0.2) is 0 Å². The van der Waals surface area contributed by atoms with Crippen molar-refractivity contribution in [2.75, 3.05) is 26.2 Å². The molecule has 1 aromatic rings. The van der Waals surface area contributed by atoms with Crippen molar-refractivity contribution in [3.63, 3.8) is 0 Å². The molecule has 0 saturated carbocycles. The maximum Gasteiger partial charge on any atom is 0.236 e. The van der Waals surface area contributed by atoms with Crippen LogP contribution >= 0.6 is 0 Å². The number of primary amides is 1. The van der Waals surface area contributed by atoms with Crippen molar-refractivity contribution in [3.8, 4) is 0 Å². The van der Waals surface area contributed by atoms with Crippen LogP contribution in [0.3, 0.4) is 0 Å². The number of hydrogen-bond donors (Lipinski definition) is 1. The molecule has 5 heteroatoms. The number of likely N-dealkylation sites (tertiary alicyclic amines) is 2. The van der Waals surface area contributed by atoms with Crippen molar-refractivity contribution in [3.05, 3.63) is 35.9 Å². The lowest BCUT2D eigenvalue weighted by atomic mass is 9.97. The van der Waals surface area contributed by atoms with Crippen LogP contribution in [0, 0.1) is 5.92 Å². The Bertz CT molecular complexity index is 575. The number of rotatable bonds is 5. The van der Waals surface area contributed by atoms with E-state index in [-0.39, 0.29) is 17.7 Å². The average molecular weight is 329 g/mol. The SMILES string of the molecule is NC(=O)[C@@H]1CCCN(C(=O)CN2CCC[C@@H]2Cc2ccccc2)C1. The highest BCUT2D eigenvalue weighted by atomic mass is 16.2. The topological polar surface area (TPSA) is 66.6 Å². The third-order valence-corrected chi connectivity index (χ3v) is 5.33. The maximum atomic E-state index is 12.7. The quantitative estimate of drug-likeness (QED) is 0.888. The van der Waals surface area contributed by atoms with Crippen LogP contribution < -0.4 is 5.73 Å². The van der Waals surface area contributed by atoms with Gasteiger partial charge in [0.05, 0.1) is 12.5 Å². The van der Waals surface area contributed by atoms with Gasteiger partial charge >= 0.3 is 0 Å². The van der Waals surface area contributed by atoms with Crippen molar-refractivity contribution in [1.29, 1.82) is 0 Å². The van der Waals surface area contributed by atoms with Gasteiger partial charge in [0.2, 0.25) is 11.8 Å². The van der Waals surface area contributed by atoms with Crippen molar-refractivity contribution in [1.82, 2.24) is 9.80 Å². The number of benzene rings is 1. The lowest BCUT2D eigenvalue weighted by Gasteiger charge is -2.33. The normalized spacial score (nSPS) is 24.9. The number of carbonyl (C=O) groups is 2. The van der Waals surface area contributed by atoms with Crippen LogP contribution in [0.4, 0.5) is 0 Å². The van der Waals surface area contributed by atoms with Crippen molar-refractivity contribution in [2.24, 2.45) is 11.7 Å². The van der Waals surface area contributed by atoms with Crippen molar-refractivity contribution < 1.29 is 9.59 Å². The molecular weight excluding hydrogens is 302 g/mol. The van der Waals surface area contributed by atoms with Gasteiger partial charge in [-0.05, 0) is 44.2 Å². The van der Waals surface area contributed by atoms with Crippen LogP contribution in [0.25, 0.3) is 0 Å². The van der Waals surface area contributed by atoms with Gasteiger partial charge in [0.25, 0.3) is 0 Å². The summed E-state index contributed by atoms with van der Waals surface area (Å²) in [5.74, 6) is -0.321. The van der Waals surface area contributed by atoms with Crippen molar-refractivity contribution >= 4 is 11.8 Å². The summed E-state index contributed by atoms with van der Waals surface area (Å²) < 4.78 is 0. The van der Waals surface area contributed by atoms with Crippen LogP contribution in [-0.4, -0.2) is 53.8 Å².